The Morgan fingerprint density at radius 2 is 0.764 bits per heavy atom. The molecule has 5 rings (SSSR count). The van der Waals surface area contributed by atoms with Crippen LogP contribution in [0.15, 0.2) is 151 Å². The molecule has 2 aliphatic carbocycles. The molecule has 0 N–H and O–H groups in total. The number of hydrogen-bond acceptors (Lipinski definition) is 7. The number of benzene rings is 2. The summed E-state index contributed by atoms with van der Waals surface area (Å²) in [5.41, 5.74) is 7.00. The molecule has 284 valence electrons. The zero-order valence-electron chi connectivity index (χ0n) is 34.8. The highest BCUT2D eigenvalue weighted by Gasteiger charge is 2.36. The second-order valence-corrected chi connectivity index (χ2v) is 18.5. The summed E-state index contributed by atoms with van der Waals surface area (Å²) in [6.45, 7) is 26.7. The largest absolute Gasteiger partial charge is 0.289 e. The van der Waals surface area contributed by atoms with Crippen LogP contribution in [-0.4, -0.2) is 16.6 Å². The molecule has 0 unspecified atom stereocenters. The van der Waals surface area contributed by atoms with Crippen LogP contribution in [0.4, 0.5) is 11.4 Å². The Labute approximate surface area is 327 Å². The van der Waals surface area contributed by atoms with Crippen molar-refractivity contribution in [2.75, 3.05) is 0 Å². The molecule has 2 aliphatic rings. The van der Waals surface area contributed by atoms with Gasteiger partial charge in [-0.1, -0.05) is 119 Å². The smallest absolute Gasteiger partial charge is 0.186 e. The van der Waals surface area contributed by atoms with Crippen LogP contribution >= 0.6 is 0 Å². The van der Waals surface area contributed by atoms with E-state index < -0.39 is 21.7 Å². The molecule has 1 aromatic heterocycles. The monoisotopic (exact) mass is 733 g/mol. The van der Waals surface area contributed by atoms with Gasteiger partial charge in [0.25, 0.3) is 0 Å². The Kier molecular flexibility index (Phi) is 11.4. The number of aromatic nitrogens is 1. The number of pyridine rings is 1. The van der Waals surface area contributed by atoms with Gasteiger partial charge >= 0.3 is 0 Å². The molecule has 0 atom stereocenters. The molecule has 0 saturated heterocycles. The number of allylic oxidation sites excluding steroid dienone is 10. The maximum atomic E-state index is 14.0. The maximum absolute atomic E-state index is 14.0. The summed E-state index contributed by atoms with van der Waals surface area (Å²) in [5.74, 6) is 0.0631. The third-order valence-electron chi connectivity index (χ3n) is 9.46. The van der Waals surface area contributed by atoms with Crippen LogP contribution in [-0.2, 0) is 9.59 Å². The van der Waals surface area contributed by atoms with Crippen LogP contribution in [0, 0.1) is 28.6 Å². The number of azo groups is 2. The summed E-state index contributed by atoms with van der Waals surface area (Å²) < 4.78 is 0. The molecule has 0 aliphatic heterocycles. The third kappa shape index (κ3) is 9.63. The molecule has 7 heteroatoms. The molecule has 0 radical (unpaired) electrons. The van der Waals surface area contributed by atoms with Crippen molar-refractivity contribution in [3.05, 3.63) is 147 Å². The topological polar surface area (TPSA) is 96.5 Å². The molecular weight excluding hydrogens is 679 g/mol. The van der Waals surface area contributed by atoms with E-state index in [-0.39, 0.29) is 11.6 Å². The van der Waals surface area contributed by atoms with E-state index in [1.54, 1.807) is 0 Å². The minimum Gasteiger partial charge on any atom is -0.289 e. The normalized spacial score (nSPS) is 16.0. The highest BCUT2D eigenvalue weighted by atomic mass is 16.1. The number of carbonyl (C=O) groups excluding carboxylic acids is 2. The fourth-order valence-electron chi connectivity index (χ4n) is 6.39. The fraction of sp³-hybridized carbons (Fsp3) is 0.354. The fourth-order valence-corrected chi connectivity index (χ4v) is 6.39. The van der Waals surface area contributed by atoms with E-state index >= 15 is 0 Å². The van der Waals surface area contributed by atoms with E-state index in [2.05, 4.69) is 93.3 Å². The lowest BCUT2D eigenvalue weighted by atomic mass is 9.71. The predicted octanol–water partition coefficient (Wildman–Crippen LogP) is 13.4. The van der Waals surface area contributed by atoms with Crippen LogP contribution in [0.25, 0.3) is 11.4 Å². The number of aryl methyl sites for hydroxylation is 1. The van der Waals surface area contributed by atoms with E-state index in [1.807, 2.05) is 104 Å². The molecule has 1 heterocycles. The first-order chi connectivity index (χ1) is 25.5. The summed E-state index contributed by atoms with van der Waals surface area (Å²) in [7, 11) is 0. The lowest BCUT2D eigenvalue weighted by Gasteiger charge is -2.31. The van der Waals surface area contributed by atoms with Crippen molar-refractivity contribution in [2.24, 2.45) is 42.1 Å². The number of nitrogens with zero attached hydrogens (tertiary/aromatic N) is 5. The predicted molar refractivity (Wildman–Crippen MR) is 225 cm³/mol. The van der Waals surface area contributed by atoms with Crippen LogP contribution in [0.3, 0.4) is 0 Å². The van der Waals surface area contributed by atoms with Gasteiger partial charge in [0.05, 0.1) is 22.8 Å². The Bertz CT molecular complexity index is 2020. The molecule has 2 aromatic carbocycles. The Balaban J connectivity index is 1.89. The highest BCUT2D eigenvalue weighted by Crippen LogP contribution is 2.43. The van der Waals surface area contributed by atoms with Crippen molar-refractivity contribution in [1.82, 2.24) is 4.98 Å². The first-order valence-corrected chi connectivity index (χ1v) is 18.9. The SMILES string of the molecule is Cc1cc(C(N=Nc2ccccc2)=C2C=C(C(C)(C)C)C(=O)C(C(C)(C)C)=C2)nc(C(N=Nc2ccccc2)=C2C=C(C(C)(C)C)C(=O)C(C(C)(C)C)=C2)c1. The van der Waals surface area contributed by atoms with Gasteiger partial charge in [0.2, 0.25) is 0 Å². The second-order valence-electron chi connectivity index (χ2n) is 18.5. The van der Waals surface area contributed by atoms with Gasteiger partial charge in [0.15, 0.2) is 11.6 Å². The number of rotatable bonds is 6. The van der Waals surface area contributed by atoms with E-state index in [0.717, 1.165) is 16.7 Å². The summed E-state index contributed by atoms with van der Waals surface area (Å²) in [5, 5.41) is 19.1. The van der Waals surface area contributed by atoms with Crippen molar-refractivity contribution in [3.63, 3.8) is 0 Å². The van der Waals surface area contributed by atoms with E-state index in [9.17, 15) is 9.59 Å². The second kappa shape index (κ2) is 15.4. The van der Waals surface area contributed by atoms with Gasteiger partial charge in [-0.25, -0.2) is 4.98 Å². The van der Waals surface area contributed by atoms with E-state index in [0.29, 0.717) is 56.4 Å². The van der Waals surface area contributed by atoms with E-state index in [1.165, 1.54) is 0 Å². The molecule has 3 aromatic rings. The Hall–Kier alpha value is -5.43. The quantitative estimate of drug-likeness (QED) is 0.236. The minimum absolute atomic E-state index is 0.0315. The van der Waals surface area contributed by atoms with Gasteiger partial charge in [0, 0.05) is 33.4 Å². The van der Waals surface area contributed by atoms with Crippen molar-refractivity contribution < 1.29 is 9.59 Å². The standard InChI is InChI=1S/C48H55N5O2/c1-30-24-39(41(52-50-33-20-16-14-17-21-33)31-26-35(45(2,3)4)43(54)36(27-31)46(5,6)7)49-40(25-30)42(53-51-34-22-18-15-19-23-34)32-28-37(47(8,9)10)44(55)38(29-32)48(11,12)13/h14-29H,1-13H3. The van der Waals surface area contributed by atoms with E-state index in [4.69, 9.17) is 15.2 Å². The molecule has 0 spiro atoms. The van der Waals surface area contributed by atoms with Crippen molar-refractivity contribution in [2.45, 2.75) is 90.0 Å². The van der Waals surface area contributed by atoms with Crippen LogP contribution in [0.1, 0.15) is 100 Å². The molecule has 55 heavy (non-hydrogen) atoms. The van der Waals surface area contributed by atoms with Crippen LogP contribution in [0.5, 0.6) is 0 Å². The van der Waals surface area contributed by atoms with Crippen molar-refractivity contribution >= 4 is 34.3 Å². The van der Waals surface area contributed by atoms with Gasteiger partial charge < -0.3 is 0 Å². The molecule has 0 saturated carbocycles. The number of ketones is 2. The Morgan fingerprint density at radius 3 is 1.04 bits per heavy atom. The first-order valence-electron chi connectivity index (χ1n) is 18.9. The summed E-state index contributed by atoms with van der Waals surface area (Å²) in [4.78, 5) is 33.3. The number of Topliss-reactive ketones (excluding diaryl/α,β-unsaturated/α-hetero) is 2. The third-order valence-corrected chi connectivity index (χ3v) is 9.46. The van der Waals surface area contributed by atoms with Crippen LogP contribution < -0.4 is 0 Å². The Morgan fingerprint density at radius 1 is 0.473 bits per heavy atom. The van der Waals surface area contributed by atoms with Gasteiger partial charge in [0.1, 0.15) is 11.4 Å². The molecule has 0 bridgehead atoms. The maximum Gasteiger partial charge on any atom is 0.186 e. The average molecular weight is 734 g/mol. The molecule has 0 amide bonds. The summed E-state index contributed by atoms with van der Waals surface area (Å²) in [6.07, 6.45) is 7.77. The zero-order valence-corrected chi connectivity index (χ0v) is 34.8. The molecule has 7 nitrogen and oxygen atoms in total. The van der Waals surface area contributed by atoms with Crippen LogP contribution in [0.2, 0.25) is 0 Å². The van der Waals surface area contributed by atoms with Gasteiger partial charge in [-0.3, -0.25) is 9.59 Å². The van der Waals surface area contributed by atoms with Gasteiger partial charge in [-0.15, -0.1) is 10.2 Å². The lowest BCUT2D eigenvalue weighted by Crippen LogP contribution is -2.28. The molecular formula is C48H55N5O2. The summed E-state index contributed by atoms with van der Waals surface area (Å²) >= 11 is 0. The minimum atomic E-state index is -0.429. The van der Waals surface area contributed by atoms with Crippen molar-refractivity contribution in [3.8, 4) is 0 Å². The lowest BCUT2D eigenvalue weighted by molar-refractivity contribution is -0.114. The number of hydrogen-bond donors (Lipinski definition) is 0. The van der Waals surface area contributed by atoms with Gasteiger partial charge in [-0.2, -0.15) is 10.2 Å². The van der Waals surface area contributed by atoms with Gasteiger partial charge in [-0.05, 0) is 94.8 Å². The average Bonchev–Trinajstić information content (AvgIpc) is 3.08. The van der Waals surface area contributed by atoms with Crippen molar-refractivity contribution in [1.29, 1.82) is 0 Å². The highest BCUT2D eigenvalue weighted by molar-refractivity contribution is 6.13. The summed E-state index contributed by atoms with van der Waals surface area (Å²) in [6, 6.07) is 23.1. The zero-order chi connectivity index (χ0) is 40.5. The molecule has 0 fully saturated rings. The first kappa shape index (κ1) is 40.7. The number of carbonyl (C=O) groups is 2.